The first-order chi connectivity index (χ1) is 31.6. The van der Waals surface area contributed by atoms with E-state index in [0.717, 1.165) is 0 Å². The lowest BCUT2D eigenvalue weighted by Gasteiger charge is -2.18. The van der Waals surface area contributed by atoms with Crippen LogP contribution in [0.15, 0.2) is 84.6 Å². The first kappa shape index (κ1) is 50.8. The average molecular weight is 907 g/mol. The number of carbonyl (C=O) groups is 3. The summed E-state index contributed by atoms with van der Waals surface area (Å²) in [5.74, 6) is -3.46. The Balaban J connectivity index is 1.63. The number of phenolic OH excluding ortho intramolecular Hbond substituents is 6. The molecule has 0 spiro atoms. The Hall–Kier alpha value is -7.89. The molecule has 6 N–H and O–H groups in total. The molecule has 4 aromatic rings. The number of phenols is 6. The van der Waals surface area contributed by atoms with Gasteiger partial charge in [0.05, 0.1) is 92.5 Å². The van der Waals surface area contributed by atoms with Crippen molar-refractivity contribution in [1.29, 1.82) is 0 Å². The molecule has 0 aliphatic heterocycles. The molecule has 0 amide bonds. The fraction of sp³-hybridized carbons (Fsp3) is 0.312. The minimum Gasteiger partial charge on any atom is -0.507 e. The first-order valence-corrected chi connectivity index (χ1v) is 21.0. The van der Waals surface area contributed by atoms with Crippen LogP contribution in [0.25, 0.3) is 0 Å². The highest BCUT2D eigenvalue weighted by Gasteiger charge is 2.28. The van der Waals surface area contributed by atoms with Gasteiger partial charge in [0, 0.05) is 52.5 Å². The fourth-order valence-corrected chi connectivity index (χ4v) is 6.29. The van der Waals surface area contributed by atoms with E-state index < -0.39 is 35.2 Å². The maximum atomic E-state index is 12.2. The van der Waals surface area contributed by atoms with Crippen LogP contribution in [0.3, 0.4) is 0 Å². The van der Waals surface area contributed by atoms with Gasteiger partial charge >= 0.3 is 17.9 Å². The standard InChI is InChI=1S/C48H54N6O12/c1-7-64-46(61)31-10-13-37(55)34(22-31)25-49-16-19-52-28(4)40-43(58)41(29(5)53-20-17-50-26-35-23-32(11-14-38(35)56)47(62)65-8-2)45(60)42(44(40)59)30(6)54-21-18-51-27-36-24-33(12-15-39(36)57)48(63)66-9-3/h10-15,22-27,55-60H,7-9,16-21H2,1-6H3. The summed E-state index contributed by atoms with van der Waals surface area (Å²) in [4.78, 5) is 63.0. The van der Waals surface area contributed by atoms with Crippen molar-refractivity contribution in [2.24, 2.45) is 30.0 Å². The highest BCUT2D eigenvalue weighted by atomic mass is 16.5. The lowest BCUT2D eigenvalue weighted by Crippen LogP contribution is -2.10. The van der Waals surface area contributed by atoms with Gasteiger partial charge in [-0.25, -0.2) is 14.4 Å². The Morgan fingerprint density at radius 2 is 0.697 bits per heavy atom. The topological polar surface area (TPSA) is 274 Å². The average Bonchev–Trinajstić information content (AvgIpc) is 3.27. The van der Waals surface area contributed by atoms with Crippen LogP contribution in [0, 0.1) is 0 Å². The maximum absolute atomic E-state index is 12.2. The second-order valence-electron chi connectivity index (χ2n) is 14.2. The Kier molecular flexibility index (Phi) is 19.1. The Morgan fingerprint density at radius 3 is 0.939 bits per heavy atom. The maximum Gasteiger partial charge on any atom is 0.338 e. The second kappa shape index (κ2) is 24.8. The lowest BCUT2D eigenvalue weighted by molar-refractivity contribution is 0.0516. The molecule has 0 aliphatic rings. The fourth-order valence-electron chi connectivity index (χ4n) is 6.29. The number of hydrogen-bond acceptors (Lipinski definition) is 18. The van der Waals surface area contributed by atoms with Gasteiger partial charge in [0.2, 0.25) is 0 Å². The SMILES string of the molecule is CCOC(=O)c1ccc(O)c(C=NCCN=C(C)c2c(O)c(C(C)=NCCN=Cc3cc(C(=O)OCC)ccc3O)c(O)c(C(C)=NCCN=Cc3cc(C(=O)OCC)ccc3O)c2O)c1. The molecule has 18 heteroatoms. The van der Waals surface area contributed by atoms with E-state index in [2.05, 4.69) is 30.0 Å². The number of nitrogens with zero attached hydrogens (tertiary/aromatic N) is 6. The monoisotopic (exact) mass is 906 g/mol. The Morgan fingerprint density at radius 1 is 0.439 bits per heavy atom. The minimum absolute atomic E-state index is 0.0672. The quantitative estimate of drug-likeness (QED) is 0.0235. The number of benzene rings is 4. The molecule has 0 aromatic heterocycles. The molecular weight excluding hydrogens is 853 g/mol. The zero-order chi connectivity index (χ0) is 48.3. The molecule has 18 nitrogen and oxygen atoms in total. The lowest BCUT2D eigenvalue weighted by atomic mass is 9.93. The normalized spacial score (nSPS) is 12.4. The Labute approximate surface area is 381 Å². The zero-order valence-electron chi connectivity index (χ0n) is 37.6. The molecule has 0 saturated heterocycles. The van der Waals surface area contributed by atoms with Crippen LogP contribution in [0.4, 0.5) is 0 Å². The van der Waals surface area contributed by atoms with Crippen LogP contribution < -0.4 is 0 Å². The molecule has 0 atom stereocenters. The van der Waals surface area contributed by atoms with Gasteiger partial charge in [-0.3, -0.25) is 30.0 Å². The van der Waals surface area contributed by atoms with E-state index in [1.165, 1.54) is 73.2 Å². The molecule has 4 rings (SSSR count). The summed E-state index contributed by atoms with van der Waals surface area (Å²) in [7, 11) is 0. The number of ether oxygens (including phenoxy) is 3. The van der Waals surface area contributed by atoms with E-state index in [9.17, 15) is 45.0 Å². The molecule has 0 unspecified atom stereocenters. The summed E-state index contributed by atoms with van der Waals surface area (Å²) >= 11 is 0. The third-order valence-electron chi connectivity index (χ3n) is 9.55. The molecule has 0 heterocycles. The van der Waals surface area contributed by atoms with E-state index in [1.807, 2.05) is 0 Å². The van der Waals surface area contributed by atoms with Gasteiger partial charge in [-0.15, -0.1) is 0 Å². The molecule has 0 saturated carbocycles. The van der Waals surface area contributed by atoms with Gasteiger partial charge in [-0.1, -0.05) is 0 Å². The molecule has 66 heavy (non-hydrogen) atoms. The van der Waals surface area contributed by atoms with Gasteiger partial charge in [0.1, 0.15) is 34.5 Å². The van der Waals surface area contributed by atoms with Crippen LogP contribution in [0.2, 0.25) is 0 Å². The predicted octanol–water partition coefficient (Wildman–Crippen LogP) is 6.23. The highest BCUT2D eigenvalue weighted by molar-refractivity contribution is 6.16. The van der Waals surface area contributed by atoms with Crippen LogP contribution in [0.5, 0.6) is 34.5 Å². The summed E-state index contributed by atoms with van der Waals surface area (Å²) < 4.78 is 15.1. The Bertz CT molecular complexity index is 2300. The van der Waals surface area contributed by atoms with Gasteiger partial charge < -0.3 is 44.8 Å². The van der Waals surface area contributed by atoms with E-state index in [0.29, 0.717) is 0 Å². The van der Waals surface area contributed by atoms with Crippen molar-refractivity contribution >= 4 is 53.7 Å². The second-order valence-corrected chi connectivity index (χ2v) is 14.2. The molecule has 0 radical (unpaired) electrons. The highest BCUT2D eigenvalue weighted by Crippen LogP contribution is 2.43. The van der Waals surface area contributed by atoms with E-state index in [-0.39, 0.29) is 144 Å². The van der Waals surface area contributed by atoms with Crippen molar-refractivity contribution in [3.63, 3.8) is 0 Å². The van der Waals surface area contributed by atoms with Gasteiger partial charge in [0.25, 0.3) is 0 Å². The van der Waals surface area contributed by atoms with E-state index in [4.69, 9.17) is 14.2 Å². The summed E-state index contributed by atoms with van der Waals surface area (Å²) in [5.41, 5.74) is 1.81. The summed E-state index contributed by atoms with van der Waals surface area (Å²) in [6, 6.07) is 12.7. The largest absolute Gasteiger partial charge is 0.507 e. The molecular formula is C48H54N6O12. The zero-order valence-corrected chi connectivity index (χ0v) is 37.6. The van der Waals surface area contributed by atoms with Gasteiger partial charge in [-0.2, -0.15) is 0 Å². The van der Waals surface area contributed by atoms with Crippen LogP contribution in [-0.2, 0) is 14.2 Å². The number of esters is 3. The first-order valence-electron chi connectivity index (χ1n) is 21.0. The van der Waals surface area contributed by atoms with Crippen molar-refractivity contribution in [2.45, 2.75) is 41.5 Å². The number of aliphatic imine (C=N–C) groups is 6. The number of hydrogen-bond donors (Lipinski definition) is 6. The van der Waals surface area contributed by atoms with Gasteiger partial charge in [-0.05, 0) is 96.1 Å². The molecule has 4 aromatic carbocycles. The van der Waals surface area contributed by atoms with E-state index >= 15 is 0 Å². The van der Waals surface area contributed by atoms with Gasteiger partial charge in [0.15, 0.2) is 0 Å². The number of carbonyl (C=O) groups excluding carboxylic acids is 3. The summed E-state index contributed by atoms with van der Waals surface area (Å²) in [5, 5.41) is 65.9. The van der Waals surface area contributed by atoms with Crippen molar-refractivity contribution in [3.05, 3.63) is 105 Å². The van der Waals surface area contributed by atoms with Crippen LogP contribution in [0.1, 0.15) is 106 Å². The van der Waals surface area contributed by atoms with Crippen molar-refractivity contribution in [1.82, 2.24) is 0 Å². The molecule has 0 fully saturated rings. The smallest absolute Gasteiger partial charge is 0.338 e. The third-order valence-corrected chi connectivity index (χ3v) is 9.55. The minimum atomic E-state index is -0.547. The number of rotatable bonds is 21. The van der Waals surface area contributed by atoms with Crippen molar-refractivity contribution < 1.29 is 59.2 Å². The molecule has 0 bridgehead atoms. The summed E-state index contributed by atoms with van der Waals surface area (Å²) in [6.45, 7) is 10.8. The molecule has 0 aliphatic carbocycles. The predicted molar refractivity (Wildman–Crippen MR) is 252 cm³/mol. The number of aromatic hydroxyl groups is 6. The van der Waals surface area contributed by atoms with Crippen LogP contribution >= 0.6 is 0 Å². The van der Waals surface area contributed by atoms with Crippen molar-refractivity contribution in [2.75, 3.05) is 59.1 Å². The van der Waals surface area contributed by atoms with Crippen molar-refractivity contribution in [3.8, 4) is 34.5 Å². The van der Waals surface area contributed by atoms with E-state index in [1.54, 1.807) is 41.5 Å². The van der Waals surface area contributed by atoms with Crippen LogP contribution in [-0.4, -0.2) is 143 Å². The summed E-state index contributed by atoms with van der Waals surface area (Å²) in [6.07, 6.45) is 4.15. The molecule has 348 valence electrons. The third kappa shape index (κ3) is 13.6.